The van der Waals surface area contributed by atoms with Crippen LogP contribution in [-0.2, 0) is 4.79 Å². The molecule has 108 valence electrons. The second kappa shape index (κ2) is 5.22. The highest BCUT2D eigenvalue weighted by Crippen LogP contribution is 2.37. The zero-order valence-corrected chi connectivity index (χ0v) is 12.9. The number of carbonyl (C=O) groups excluding carboxylic acids is 2. The van der Waals surface area contributed by atoms with Crippen LogP contribution < -0.4 is 4.90 Å². The maximum atomic E-state index is 13.6. The molecule has 1 heterocycles. The number of rotatable bonds is 2. The normalized spacial score (nSPS) is 20.0. The molecule has 1 aromatic rings. The molecular weight excluding hydrogens is 353 g/mol. The molecule has 0 radical (unpaired) electrons. The number of benzene rings is 1. The van der Waals surface area contributed by atoms with Crippen LogP contribution >= 0.6 is 46.4 Å². The third kappa shape index (κ3) is 2.55. The van der Waals surface area contributed by atoms with Crippen molar-refractivity contribution in [2.24, 2.45) is 0 Å². The molecule has 0 spiro atoms. The zero-order valence-electron chi connectivity index (χ0n) is 9.91. The van der Waals surface area contributed by atoms with Crippen molar-refractivity contribution in [3.63, 3.8) is 0 Å². The Kier molecular flexibility index (Phi) is 4.08. The van der Waals surface area contributed by atoms with Crippen molar-refractivity contribution in [1.82, 2.24) is 4.90 Å². The zero-order chi connectivity index (χ0) is 15.2. The van der Waals surface area contributed by atoms with E-state index in [0.717, 1.165) is 4.90 Å². The van der Waals surface area contributed by atoms with Gasteiger partial charge in [-0.05, 0) is 48.3 Å². The molecule has 1 unspecified atom stereocenters. The summed E-state index contributed by atoms with van der Waals surface area (Å²) in [4.78, 5) is 25.4. The van der Waals surface area contributed by atoms with Crippen molar-refractivity contribution in [3.8, 4) is 0 Å². The average molecular weight is 360 g/mol. The molecule has 1 aromatic carbocycles. The summed E-state index contributed by atoms with van der Waals surface area (Å²) in [6.45, 7) is 1.32. The number of amides is 3. The first kappa shape index (κ1) is 15.6. The van der Waals surface area contributed by atoms with Gasteiger partial charge in [0.25, 0.3) is 5.91 Å². The first-order valence-corrected chi connectivity index (χ1v) is 6.85. The predicted molar refractivity (Wildman–Crippen MR) is 76.2 cm³/mol. The lowest BCUT2D eigenvalue weighted by molar-refractivity contribution is -0.120. The minimum absolute atomic E-state index is 0.152. The number of nitrogens with zero attached hydrogens (tertiary/aromatic N) is 2. The van der Waals surface area contributed by atoms with Gasteiger partial charge in [-0.1, -0.05) is 23.2 Å². The molecule has 1 aliphatic rings. The number of urea groups is 1. The van der Waals surface area contributed by atoms with Gasteiger partial charge in [-0.2, -0.15) is 4.39 Å². The third-order valence-corrected chi connectivity index (χ3v) is 3.90. The van der Waals surface area contributed by atoms with Gasteiger partial charge in [0, 0.05) is 0 Å². The molecular formula is C11H7Cl4FN2O2. The molecule has 1 atom stereocenters. The molecule has 0 N–H and O–H groups in total. The van der Waals surface area contributed by atoms with E-state index in [1.807, 2.05) is 0 Å². The van der Waals surface area contributed by atoms with Crippen molar-refractivity contribution < 1.29 is 14.0 Å². The van der Waals surface area contributed by atoms with Crippen molar-refractivity contribution in [2.75, 3.05) is 4.90 Å². The van der Waals surface area contributed by atoms with E-state index < -0.39 is 22.7 Å². The van der Waals surface area contributed by atoms with Gasteiger partial charge < -0.3 is 0 Å². The Morgan fingerprint density at radius 1 is 1.20 bits per heavy atom. The molecule has 1 aliphatic heterocycles. The number of hydrogen-bond acceptors (Lipinski definition) is 2. The van der Waals surface area contributed by atoms with Crippen LogP contribution in [0.4, 0.5) is 14.9 Å². The van der Waals surface area contributed by atoms with Gasteiger partial charge in [-0.25, -0.2) is 9.69 Å². The van der Waals surface area contributed by atoms with Crippen LogP contribution in [0.2, 0.25) is 10.0 Å². The third-order valence-electron chi connectivity index (χ3n) is 2.80. The van der Waals surface area contributed by atoms with Crippen molar-refractivity contribution in [3.05, 3.63) is 28.2 Å². The van der Waals surface area contributed by atoms with E-state index in [0.29, 0.717) is 4.90 Å². The Hall–Kier alpha value is -0.750. The summed E-state index contributed by atoms with van der Waals surface area (Å²) < 4.78 is 10.6. The molecule has 0 aromatic heterocycles. The quantitative estimate of drug-likeness (QED) is 0.451. The van der Waals surface area contributed by atoms with E-state index >= 15 is 0 Å². The lowest BCUT2D eigenvalue weighted by atomic mass is 10.2. The Morgan fingerprint density at radius 2 is 1.80 bits per heavy atom. The van der Waals surface area contributed by atoms with Crippen LogP contribution in [0.3, 0.4) is 0 Å². The topological polar surface area (TPSA) is 40.6 Å². The standard InChI is InChI=1S/C11H7Cl4FN2O2/c1-5-9(19)17(10(20)18(5)11(14,15)16)6-2-3-7(12)8(13)4-6/h2-5H,1H3. The summed E-state index contributed by atoms with van der Waals surface area (Å²) in [7, 11) is 0. The van der Waals surface area contributed by atoms with Crippen LogP contribution in [0.15, 0.2) is 18.2 Å². The minimum atomic E-state index is -2.99. The molecule has 0 saturated carbocycles. The lowest BCUT2D eigenvalue weighted by Gasteiger charge is -2.24. The Bertz CT molecular complexity index is 590. The number of anilines is 1. The monoisotopic (exact) mass is 358 g/mol. The Balaban J connectivity index is 2.45. The fourth-order valence-corrected chi connectivity index (χ4v) is 2.58. The highest BCUT2D eigenvalue weighted by molar-refractivity contribution is 6.48. The molecule has 1 saturated heterocycles. The Labute approximate surface area is 133 Å². The highest BCUT2D eigenvalue weighted by Gasteiger charge is 2.52. The molecule has 0 aliphatic carbocycles. The van der Waals surface area contributed by atoms with E-state index in [9.17, 15) is 14.0 Å². The van der Waals surface area contributed by atoms with Crippen LogP contribution in [0.5, 0.6) is 0 Å². The van der Waals surface area contributed by atoms with Gasteiger partial charge in [0.1, 0.15) is 6.04 Å². The van der Waals surface area contributed by atoms with Gasteiger partial charge in [0.15, 0.2) is 0 Å². The summed E-state index contributed by atoms with van der Waals surface area (Å²) in [5.41, 5.74) is 0.154. The number of carbonyl (C=O) groups is 2. The maximum absolute atomic E-state index is 13.6. The summed E-state index contributed by atoms with van der Waals surface area (Å²) in [6.07, 6.45) is 0. The molecule has 3 amide bonds. The number of hydrogen-bond donors (Lipinski definition) is 0. The molecule has 9 heteroatoms. The van der Waals surface area contributed by atoms with Gasteiger partial charge in [0.05, 0.1) is 15.7 Å². The molecule has 2 rings (SSSR count). The maximum Gasteiger partial charge on any atom is 0.341 e. The molecule has 0 bridgehead atoms. The van der Waals surface area contributed by atoms with E-state index in [1.54, 1.807) is 0 Å². The summed E-state index contributed by atoms with van der Waals surface area (Å²) in [6, 6.07) is 2.02. The lowest BCUT2D eigenvalue weighted by Crippen LogP contribution is -2.43. The minimum Gasteiger partial charge on any atom is -0.272 e. The highest BCUT2D eigenvalue weighted by atomic mass is 35.5. The van der Waals surface area contributed by atoms with Gasteiger partial charge in [-0.3, -0.25) is 9.69 Å². The van der Waals surface area contributed by atoms with Crippen LogP contribution in [0, 0.1) is 0 Å². The molecule has 20 heavy (non-hydrogen) atoms. The summed E-state index contributed by atoms with van der Waals surface area (Å²) in [5, 5.41) is 0.410. The van der Waals surface area contributed by atoms with Gasteiger partial charge in [-0.15, -0.1) is 0 Å². The summed E-state index contributed by atoms with van der Waals surface area (Å²) in [5.74, 6) is -0.670. The second-order valence-corrected chi connectivity index (χ2v) is 6.08. The molecule has 1 fully saturated rings. The smallest absolute Gasteiger partial charge is 0.272 e. The first-order chi connectivity index (χ1) is 9.14. The fourth-order valence-electron chi connectivity index (χ4n) is 1.85. The SMILES string of the molecule is CC1C(=O)N(c2ccc(Cl)c(Cl)c2)C(=O)N1C(F)(Cl)Cl. The van der Waals surface area contributed by atoms with E-state index in [1.165, 1.54) is 25.1 Å². The van der Waals surface area contributed by atoms with Crippen molar-refractivity contribution in [2.45, 2.75) is 17.7 Å². The number of imide groups is 1. The van der Waals surface area contributed by atoms with Crippen LogP contribution in [-0.4, -0.2) is 27.6 Å². The number of alkyl halides is 3. The van der Waals surface area contributed by atoms with Gasteiger partial charge in [0.2, 0.25) is 0 Å². The van der Waals surface area contributed by atoms with Crippen molar-refractivity contribution in [1.29, 1.82) is 0 Å². The predicted octanol–water partition coefficient (Wildman–Crippen LogP) is 4.21. The largest absolute Gasteiger partial charge is 0.341 e. The van der Waals surface area contributed by atoms with E-state index in [4.69, 9.17) is 46.4 Å². The van der Waals surface area contributed by atoms with Crippen molar-refractivity contribution >= 4 is 64.0 Å². The van der Waals surface area contributed by atoms with Gasteiger partial charge >= 0.3 is 10.7 Å². The fraction of sp³-hybridized carbons (Fsp3) is 0.273. The van der Waals surface area contributed by atoms with E-state index in [-0.39, 0.29) is 15.7 Å². The first-order valence-electron chi connectivity index (χ1n) is 5.33. The second-order valence-electron chi connectivity index (χ2n) is 4.07. The molecule has 4 nitrogen and oxygen atoms in total. The Morgan fingerprint density at radius 3 is 2.25 bits per heavy atom. The summed E-state index contributed by atoms with van der Waals surface area (Å²) >= 11 is 22.1. The van der Waals surface area contributed by atoms with E-state index in [2.05, 4.69) is 0 Å². The van der Waals surface area contributed by atoms with Crippen LogP contribution in [0.25, 0.3) is 0 Å². The van der Waals surface area contributed by atoms with Crippen LogP contribution in [0.1, 0.15) is 6.92 Å². The number of halogens is 5. The average Bonchev–Trinajstić information content (AvgIpc) is 2.54.